The van der Waals surface area contributed by atoms with Gasteiger partial charge in [-0.05, 0) is 19.1 Å². The molecule has 2 rings (SSSR count). The molecule has 0 amide bonds. The Morgan fingerprint density at radius 3 is 2.47 bits per heavy atom. The summed E-state index contributed by atoms with van der Waals surface area (Å²) in [5.74, 6) is 1.77. The van der Waals surface area contributed by atoms with Crippen molar-refractivity contribution >= 4 is 21.7 Å². The SMILES string of the molecule is CCn1c(C(C)(C)C)nc(-c2cccc(Br)c2)c1N. The molecule has 0 aliphatic rings. The molecule has 1 aromatic carbocycles. The van der Waals surface area contributed by atoms with E-state index in [1.54, 1.807) is 0 Å². The quantitative estimate of drug-likeness (QED) is 0.900. The topological polar surface area (TPSA) is 43.8 Å². The van der Waals surface area contributed by atoms with E-state index >= 15 is 0 Å². The Kier molecular flexibility index (Phi) is 3.72. The summed E-state index contributed by atoms with van der Waals surface area (Å²) in [6, 6.07) is 8.09. The average molecular weight is 322 g/mol. The summed E-state index contributed by atoms with van der Waals surface area (Å²) < 4.78 is 3.13. The number of halogens is 1. The van der Waals surface area contributed by atoms with Crippen LogP contribution in [0.25, 0.3) is 11.3 Å². The first-order valence-corrected chi connectivity index (χ1v) is 7.26. The van der Waals surface area contributed by atoms with E-state index in [-0.39, 0.29) is 5.41 Å². The van der Waals surface area contributed by atoms with Gasteiger partial charge in [-0.25, -0.2) is 4.98 Å². The first kappa shape index (κ1) is 14.1. The van der Waals surface area contributed by atoms with E-state index in [0.29, 0.717) is 0 Å². The second-order valence-corrected chi connectivity index (χ2v) is 6.59. The Morgan fingerprint density at radius 1 is 1.32 bits per heavy atom. The zero-order valence-corrected chi connectivity index (χ0v) is 13.5. The van der Waals surface area contributed by atoms with Crippen molar-refractivity contribution in [2.75, 3.05) is 5.73 Å². The highest BCUT2D eigenvalue weighted by molar-refractivity contribution is 9.10. The molecule has 0 spiro atoms. The van der Waals surface area contributed by atoms with Crippen LogP contribution >= 0.6 is 15.9 Å². The molecule has 0 unspecified atom stereocenters. The Bertz CT molecular complexity index is 594. The predicted octanol–water partition coefficient (Wildman–Crippen LogP) is 4.21. The predicted molar refractivity (Wildman–Crippen MR) is 84.1 cm³/mol. The van der Waals surface area contributed by atoms with Gasteiger partial charge >= 0.3 is 0 Å². The number of nitrogens with zero attached hydrogens (tertiary/aromatic N) is 2. The van der Waals surface area contributed by atoms with Crippen LogP contribution in [0.15, 0.2) is 28.7 Å². The first-order valence-electron chi connectivity index (χ1n) is 6.47. The minimum atomic E-state index is -0.0195. The van der Waals surface area contributed by atoms with Gasteiger partial charge in [0.15, 0.2) is 0 Å². The van der Waals surface area contributed by atoms with Gasteiger partial charge in [0.25, 0.3) is 0 Å². The second kappa shape index (κ2) is 5.00. The summed E-state index contributed by atoms with van der Waals surface area (Å²) in [7, 11) is 0. The van der Waals surface area contributed by atoms with Crippen molar-refractivity contribution < 1.29 is 0 Å². The summed E-state index contributed by atoms with van der Waals surface area (Å²) >= 11 is 3.49. The largest absolute Gasteiger partial charge is 0.383 e. The molecular weight excluding hydrogens is 302 g/mol. The third-order valence-corrected chi connectivity index (χ3v) is 3.59. The lowest BCUT2D eigenvalue weighted by Crippen LogP contribution is -2.19. The summed E-state index contributed by atoms with van der Waals surface area (Å²) in [5.41, 5.74) is 8.17. The highest BCUT2D eigenvalue weighted by Crippen LogP contribution is 2.32. The number of nitrogen functional groups attached to an aromatic ring is 1. The molecule has 2 N–H and O–H groups in total. The molecule has 0 atom stereocenters. The van der Waals surface area contributed by atoms with Crippen molar-refractivity contribution in [3.8, 4) is 11.3 Å². The summed E-state index contributed by atoms with van der Waals surface area (Å²) in [4.78, 5) is 4.78. The van der Waals surface area contributed by atoms with Gasteiger partial charge in [-0.15, -0.1) is 0 Å². The smallest absolute Gasteiger partial charge is 0.131 e. The molecule has 102 valence electrons. The van der Waals surface area contributed by atoms with Crippen LogP contribution < -0.4 is 5.73 Å². The number of aromatic nitrogens is 2. The van der Waals surface area contributed by atoms with Crippen molar-refractivity contribution in [2.45, 2.75) is 39.7 Å². The van der Waals surface area contributed by atoms with Crippen LogP contribution in [-0.4, -0.2) is 9.55 Å². The lowest BCUT2D eigenvalue weighted by atomic mass is 9.95. The van der Waals surface area contributed by atoms with E-state index in [4.69, 9.17) is 10.7 Å². The molecule has 2 aromatic rings. The first-order chi connectivity index (χ1) is 8.84. The molecule has 0 saturated carbocycles. The lowest BCUT2D eigenvalue weighted by molar-refractivity contribution is 0.509. The number of anilines is 1. The zero-order chi connectivity index (χ0) is 14.2. The molecule has 19 heavy (non-hydrogen) atoms. The van der Waals surface area contributed by atoms with Crippen LogP contribution in [0.4, 0.5) is 5.82 Å². The van der Waals surface area contributed by atoms with Gasteiger partial charge in [-0.2, -0.15) is 0 Å². The van der Waals surface area contributed by atoms with E-state index in [1.807, 2.05) is 24.3 Å². The van der Waals surface area contributed by atoms with E-state index in [9.17, 15) is 0 Å². The molecule has 4 heteroatoms. The second-order valence-electron chi connectivity index (χ2n) is 5.67. The summed E-state index contributed by atoms with van der Waals surface area (Å²) in [5, 5.41) is 0. The number of nitrogens with two attached hydrogens (primary N) is 1. The maximum absolute atomic E-state index is 6.28. The molecule has 0 bridgehead atoms. The Morgan fingerprint density at radius 2 is 2.00 bits per heavy atom. The van der Waals surface area contributed by atoms with Crippen molar-refractivity contribution in [2.24, 2.45) is 0 Å². The number of imidazole rings is 1. The fraction of sp³-hybridized carbons (Fsp3) is 0.400. The van der Waals surface area contributed by atoms with Crippen LogP contribution in [0, 0.1) is 0 Å². The standard InChI is InChI=1S/C15H20BrN3/c1-5-19-13(17)12(18-14(19)15(2,3)4)10-7-6-8-11(16)9-10/h6-9H,5,17H2,1-4H3. The van der Waals surface area contributed by atoms with Gasteiger partial charge < -0.3 is 10.3 Å². The maximum atomic E-state index is 6.28. The van der Waals surface area contributed by atoms with Crippen molar-refractivity contribution in [1.29, 1.82) is 0 Å². The number of rotatable bonds is 2. The van der Waals surface area contributed by atoms with Crippen LogP contribution in [0.3, 0.4) is 0 Å². The maximum Gasteiger partial charge on any atom is 0.131 e. The van der Waals surface area contributed by atoms with Crippen molar-refractivity contribution in [3.05, 3.63) is 34.6 Å². The van der Waals surface area contributed by atoms with Crippen LogP contribution in [-0.2, 0) is 12.0 Å². The molecule has 0 saturated heterocycles. The minimum Gasteiger partial charge on any atom is -0.383 e. The molecule has 1 heterocycles. The van der Waals surface area contributed by atoms with Gasteiger partial charge in [0.2, 0.25) is 0 Å². The van der Waals surface area contributed by atoms with Crippen molar-refractivity contribution in [1.82, 2.24) is 9.55 Å². The molecular formula is C15H20BrN3. The lowest BCUT2D eigenvalue weighted by Gasteiger charge is -2.19. The van der Waals surface area contributed by atoms with Gasteiger partial charge in [0.1, 0.15) is 17.3 Å². The number of benzene rings is 1. The minimum absolute atomic E-state index is 0.0195. The van der Waals surface area contributed by atoms with E-state index < -0.39 is 0 Å². The highest BCUT2D eigenvalue weighted by atomic mass is 79.9. The van der Waals surface area contributed by atoms with Gasteiger partial charge in [0, 0.05) is 22.0 Å². The fourth-order valence-electron chi connectivity index (χ4n) is 2.21. The summed E-state index contributed by atoms with van der Waals surface area (Å²) in [6.45, 7) is 9.40. The fourth-order valence-corrected chi connectivity index (χ4v) is 2.61. The van der Waals surface area contributed by atoms with Crippen LogP contribution in [0.1, 0.15) is 33.5 Å². The van der Waals surface area contributed by atoms with E-state index in [1.165, 1.54) is 0 Å². The Hall–Kier alpha value is -1.29. The average Bonchev–Trinajstić information content (AvgIpc) is 2.66. The molecule has 1 aromatic heterocycles. The van der Waals surface area contributed by atoms with E-state index in [0.717, 1.165) is 33.9 Å². The Balaban J connectivity index is 2.63. The third kappa shape index (κ3) is 2.68. The van der Waals surface area contributed by atoms with Gasteiger partial charge in [0.05, 0.1) is 0 Å². The number of hydrogen-bond donors (Lipinski definition) is 1. The normalized spacial score (nSPS) is 11.8. The van der Waals surface area contributed by atoms with Gasteiger partial charge in [-0.3, -0.25) is 0 Å². The highest BCUT2D eigenvalue weighted by Gasteiger charge is 2.24. The molecule has 3 nitrogen and oxygen atoms in total. The summed E-state index contributed by atoms with van der Waals surface area (Å²) in [6.07, 6.45) is 0. The van der Waals surface area contributed by atoms with E-state index in [2.05, 4.69) is 48.2 Å². The van der Waals surface area contributed by atoms with Crippen molar-refractivity contribution in [3.63, 3.8) is 0 Å². The third-order valence-electron chi connectivity index (χ3n) is 3.09. The molecule has 0 radical (unpaired) electrons. The number of hydrogen-bond acceptors (Lipinski definition) is 2. The van der Waals surface area contributed by atoms with Gasteiger partial charge in [-0.1, -0.05) is 48.8 Å². The Labute approximate surface area is 123 Å². The molecule has 0 fully saturated rings. The molecule has 0 aliphatic heterocycles. The monoisotopic (exact) mass is 321 g/mol. The van der Waals surface area contributed by atoms with Crippen LogP contribution in [0.5, 0.6) is 0 Å². The zero-order valence-electron chi connectivity index (χ0n) is 11.9. The van der Waals surface area contributed by atoms with Crippen LogP contribution in [0.2, 0.25) is 0 Å². The molecule has 0 aliphatic carbocycles.